The van der Waals surface area contributed by atoms with Crippen LogP contribution >= 0.6 is 39.1 Å². The van der Waals surface area contributed by atoms with Gasteiger partial charge in [0.1, 0.15) is 11.6 Å². The van der Waals surface area contributed by atoms with Gasteiger partial charge in [0.25, 0.3) is 0 Å². The van der Waals surface area contributed by atoms with Crippen LogP contribution in [0.4, 0.5) is 8.78 Å². The fraction of sp³-hybridized carbons (Fsp3) is 0.0769. The van der Waals surface area contributed by atoms with Gasteiger partial charge < -0.3 is 0 Å². The summed E-state index contributed by atoms with van der Waals surface area (Å²) in [5.41, 5.74) is 2.52. The summed E-state index contributed by atoms with van der Waals surface area (Å²) >= 11 is 15.0. The molecule has 0 saturated carbocycles. The third kappa shape index (κ3) is 2.82. The van der Waals surface area contributed by atoms with Crippen molar-refractivity contribution in [3.05, 3.63) is 67.6 Å². The van der Waals surface area contributed by atoms with E-state index < -0.39 is 17.7 Å². The Bertz CT molecular complexity index is 653. The lowest BCUT2D eigenvalue weighted by atomic mass is 9.98. The summed E-state index contributed by atoms with van der Waals surface area (Å²) in [4.78, 5) is 0. The van der Waals surface area contributed by atoms with Gasteiger partial charge in [-0.3, -0.25) is 5.84 Å². The van der Waals surface area contributed by atoms with Gasteiger partial charge in [0.15, 0.2) is 0 Å². The lowest BCUT2D eigenvalue weighted by Crippen LogP contribution is -2.30. The molecule has 0 amide bonds. The number of hydrogen-bond donors (Lipinski definition) is 2. The highest BCUT2D eigenvalue weighted by atomic mass is 79.9. The summed E-state index contributed by atoms with van der Waals surface area (Å²) in [7, 11) is 0. The molecule has 2 aromatic carbocycles. The number of halogens is 5. The second-order valence-electron chi connectivity index (χ2n) is 4.00. The van der Waals surface area contributed by atoms with Crippen LogP contribution in [0.5, 0.6) is 0 Å². The van der Waals surface area contributed by atoms with E-state index in [2.05, 4.69) is 21.4 Å². The maximum absolute atomic E-state index is 14.2. The molecular formula is C13H9BrCl2F2N2. The molecule has 0 fully saturated rings. The molecular weight excluding hydrogens is 373 g/mol. The standard InChI is InChI=1S/C13H9BrCl2F2N2/c14-7-4-5-9(17)10(12(7)18)13(20-19)6-2-1-3-8(15)11(6)16/h1-5,13,20H,19H2. The first-order chi connectivity index (χ1) is 9.47. The van der Waals surface area contributed by atoms with Crippen LogP contribution in [0.2, 0.25) is 10.0 Å². The van der Waals surface area contributed by atoms with E-state index in [0.717, 1.165) is 6.07 Å². The van der Waals surface area contributed by atoms with Crippen molar-refractivity contribution in [1.82, 2.24) is 5.43 Å². The number of rotatable bonds is 3. The predicted molar refractivity (Wildman–Crippen MR) is 79.7 cm³/mol. The van der Waals surface area contributed by atoms with Gasteiger partial charge >= 0.3 is 0 Å². The summed E-state index contributed by atoms with van der Waals surface area (Å²) in [6.45, 7) is 0. The Balaban J connectivity index is 2.65. The maximum atomic E-state index is 14.2. The second-order valence-corrected chi connectivity index (χ2v) is 5.64. The van der Waals surface area contributed by atoms with Gasteiger partial charge in [0, 0.05) is 5.56 Å². The molecule has 1 atom stereocenters. The largest absolute Gasteiger partial charge is 0.271 e. The zero-order chi connectivity index (χ0) is 14.9. The molecule has 3 N–H and O–H groups in total. The van der Waals surface area contributed by atoms with Gasteiger partial charge in [-0.15, -0.1) is 0 Å². The number of hydrogen-bond acceptors (Lipinski definition) is 2. The van der Waals surface area contributed by atoms with Gasteiger partial charge in [-0.25, -0.2) is 14.2 Å². The Kier molecular flexibility index (Phi) is 4.99. The molecule has 0 aliphatic rings. The van der Waals surface area contributed by atoms with Gasteiger partial charge in [0.2, 0.25) is 0 Å². The molecule has 2 aromatic rings. The van der Waals surface area contributed by atoms with E-state index in [1.54, 1.807) is 18.2 Å². The Labute approximate surface area is 133 Å². The van der Waals surface area contributed by atoms with Crippen LogP contribution in [0.1, 0.15) is 17.2 Å². The van der Waals surface area contributed by atoms with Crippen LogP contribution in [0.3, 0.4) is 0 Å². The van der Waals surface area contributed by atoms with Crippen LogP contribution in [-0.4, -0.2) is 0 Å². The van der Waals surface area contributed by atoms with E-state index in [1.165, 1.54) is 6.07 Å². The minimum Gasteiger partial charge on any atom is -0.271 e. The fourth-order valence-corrected chi connectivity index (χ4v) is 2.64. The number of nitrogens with two attached hydrogens (primary N) is 1. The molecule has 1 unspecified atom stereocenters. The van der Waals surface area contributed by atoms with Crippen molar-refractivity contribution >= 4 is 39.1 Å². The maximum Gasteiger partial charge on any atom is 0.145 e. The van der Waals surface area contributed by atoms with Crippen LogP contribution < -0.4 is 11.3 Å². The average Bonchev–Trinajstić information content (AvgIpc) is 2.43. The second kappa shape index (κ2) is 6.37. The first kappa shape index (κ1) is 15.7. The van der Waals surface area contributed by atoms with Gasteiger partial charge in [0.05, 0.1) is 20.6 Å². The van der Waals surface area contributed by atoms with E-state index in [4.69, 9.17) is 29.0 Å². The molecule has 0 heterocycles. The highest BCUT2D eigenvalue weighted by molar-refractivity contribution is 9.10. The Hall–Kier alpha value is -0.720. The van der Waals surface area contributed by atoms with E-state index >= 15 is 0 Å². The molecule has 2 rings (SSSR count). The Morgan fingerprint density at radius 2 is 1.85 bits per heavy atom. The van der Waals surface area contributed by atoms with Crippen molar-refractivity contribution in [1.29, 1.82) is 0 Å². The van der Waals surface area contributed by atoms with Crippen molar-refractivity contribution in [2.45, 2.75) is 6.04 Å². The van der Waals surface area contributed by atoms with E-state index in [-0.39, 0.29) is 20.1 Å². The molecule has 0 spiro atoms. The van der Waals surface area contributed by atoms with Gasteiger partial charge in [-0.1, -0.05) is 35.3 Å². The summed E-state index contributed by atoms with van der Waals surface area (Å²) in [5, 5.41) is 0.469. The number of nitrogens with one attached hydrogen (secondary N) is 1. The first-order valence-electron chi connectivity index (χ1n) is 5.50. The summed E-state index contributed by atoms with van der Waals surface area (Å²) in [6, 6.07) is 6.26. The molecule has 106 valence electrons. The Morgan fingerprint density at radius 3 is 2.50 bits per heavy atom. The van der Waals surface area contributed by atoms with Crippen molar-refractivity contribution < 1.29 is 8.78 Å². The van der Waals surface area contributed by atoms with E-state index in [0.29, 0.717) is 5.56 Å². The van der Waals surface area contributed by atoms with Crippen LogP contribution in [0.15, 0.2) is 34.8 Å². The first-order valence-corrected chi connectivity index (χ1v) is 7.05. The molecule has 0 aromatic heterocycles. The smallest absolute Gasteiger partial charge is 0.145 e. The normalized spacial score (nSPS) is 12.5. The number of hydrazine groups is 1. The molecule has 20 heavy (non-hydrogen) atoms. The molecule has 2 nitrogen and oxygen atoms in total. The SMILES string of the molecule is NNC(c1cccc(Cl)c1Cl)c1c(F)ccc(Br)c1F. The molecule has 0 bridgehead atoms. The van der Waals surface area contributed by atoms with Crippen molar-refractivity contribution in [3.8, 4) is 0 Å². The molecule has 0 aliphatic heterocycles. The zero-order valence-electron chi connectivity index (χ0n) is 9.93. The Morgan fingerprint density at radius 1 is 1.15 bits per heavy atom. The molecule has 0 aliphatic carbocycles. The van der Waals surface area contributed by atoms with Gasteiger partial charge in [-0.05, 0) is 39.7 Å². The number of benzene rings is 2. The fourth-order valence-electron chi connectivity index (χ4n) is 1.88. The van der Waals surface area contributed by atoms with Crippen molar-refractivity contribution in [2.24, 2.45) is 5.84 Å². The predicted octanol–water partition coefficient (Wildman–Crippen LogP) is 4.59. The van der Waals surface area contributed by atoms with E-state index in [9.17, 15) is 8.78 Å². The summed E-state index contributed by atoms with van der Waals surface area (Å²) in [6.07, 6.45) is 0. The lowest BCUT2D eigenvalue weighted by Gasteiger charge is -2.20. The lowest BCUT2D eigenvalue weighted by molar-refractivity contribution is 0.507. The van der Waals surface area contributed by atoms with Crippen LogP contribution in [0.25, 0.3) is 0 Å². The third-order valence-corrected chi connectivity index (χ3v) is 4.27. The minimum atomic E-state index is -0.960. The zero-order valence-corrected chi connectivity index (χ0v) is 13.0. The summed E-state index contributed by atoms with van der Waals surface area (Å²) in [5.74, 6) is 3.97. The van der Waals surface area contributed by atoms with Crippen molar-refractivity contribution in [2.75, 3.05) is 0 Å². The quantitative estimate of drug-likeness (QED) is 0.463. The monoisotopic (exact) mass is 380 g/mol. The van der Waals surface area contributed by atoms with E-state index in [1.807, 2.05) is 0 Å². The van der Waals surface area contributed by atoms with Crippen LogP contribution in [0, 0.1) is 11.6 Å². The highest BCUT2D eigenvalue weighted by Crippen LogP contribution is 2.36. The molecule has 7 heteroatoms. The van der Waals surface area contributed by atoms with Gasteiger partial charge in [-0.2, -0.15) is 0 Å². The molecule has 0 saturated heterocycles. The topological polar surface area (TPSA) is 38.0 Å². The van der Waals surface area contributed by atoms with Crippen molar-refractivity contribution in [3.63, 3.8) is 0 Å². The van der Waals surface area contributed by atoms with Crippen LogP contribution in [-0.2, 0) is 0 Å². The third-order valence-electron chi connectivity index (χ3n) is 2.83. The average molecular weight is 382 g/mol. The summed E-state index contributed by atoms with van der Waals surface area (Å²) < 4.78 is 28.2. The highest BCUT2D eigenvalue weighted by Gasteiger charge is 2.25. The minimum absolute atomic E-state index is 0.132. The molecule has 0 radical (unpaired) electrons.